The van der Waals surface area contributed by atoms with Crippen LogP contribution in [-0.2, 0) is 4.79 Å². The maximum atomic E-state index is 11.4. The normalized spacial score (nSPS) is 22.7. The van der Waals surface area contributed by atoms with E-state index in [1.165, 1.54) is 0 Å². The summed E-state index contributed by atoms with van der Waals surface area (Å²) in [6.07, 6.45) is 3.74. The Morgan fingerprint density at radius 1 is 1.32 bits per heavy atom. The number of rotatable bonds is 3. The van der Waals surface area contributed by atoms with Crippen LogP contribution in [0.15, 0.2) is 24.3 Å². The number of phenolic OH excluding ortho intramolecular Hbond substituents is 1. The van der Waals surface area contributed by atoms with Crippen LogP contribution in [0.25, 0.3) is 0 Å². The Morgan fingerprint density at radius 2 is 2.05 bits per heavy atom. The number of carboxylic acid groups (broad SMARTS) is 1. The van der Waals surface area contributed by atoms with E-state index in [1.807, 2.05) is 24.0 Å². The third-order valence-corrected chi connectivity index (χ3v) is 3.96. The average molecular weight is 263 g/mol. The summed E-state index contributed by atoms with van der Waals surface area (Å²) in [7, 11) is 0. The van der Waals surface area contributed by atoms with Gasteiger partial charge in [0, 0.05) is 11.6 Å². The van der Waals surface area contributed by atoms with Gasteiger partial charge in [-0.25, -0.2) is 0 Å². The summed E-state index contributed by atoms with van der Waals surface area (Å²) in [5, 5.41) is 19.3. The van der Waals surface area contributed by atoms with Crippen LogP contribution >= 0.6 is 0 Å². The van der Waals surface area contributed by atoms with Gasteiger partial charge >= 0.3 is 5.97 Å². The summed E-state index contributed by atoms with van der Waals surface area (Å²) in [6.45, 7) is 2.74. The molecule has 1 aliphatic heterocycles. The summed E-state index contributed by atoms with van der Waals surface area (Å²) < 4.78 is 0. The van der Waals surface area contributed by atoms with Gasteiger partial charge in [0.05, 0.1) is 0 Å². The number of carbonyl (C=O) groups is 1. The minimum atomic E-state index is -0.760. The molecule has 1 heterocycles. The second-order valence-electron chi connectivity index (χ2n) is 5.18. The van der Waals surface area contributed by atoms with Crippen molar-refractivity contribution in [2.24, 2.45) is 0 Å². The molecule has 0 spiro atoms. The zero-order valence-corrected chi connectivity index (χ0v) is 11.2. The first kappa shape index (κ1) is 13.9. The van der Waals surface area contributed by atoms with Crippen LogP contribution in [0, 0.1) is 0 Å². The fourth-order valence-corrected chi connectivity index (χ4v) is 2.88. The SMILES string of the molecule is CC(c1ccccc1O)N1CCCCCC1C(=O)O. The van der Waals surface area contributed by atoms with Crippen molar-refractivity contribution in [3.63, 3.8) is 0 Å². The van der Waals surface area contributed by atoms with E-state index in [0.717, 1.165) is 31.4 Å². The molecule has 2 rings (SSSR count). The lowest BCUT2D eigenvalue weighted by atomic mass is 10.0. The van der Waals surface area contributed by atoms with Gasteiger partial charge in [-0.15, -0.1) is 0 Å². The van der Waals surface area contributed by atoms with Gasteiger partial charge in [-0.1, -0.05) is 31.0 Å². The fourth-order valence-electron chi connectivity index (χ4n) is 2.88. The first-order valence-corrected chi connectivity index (χ1v) is 6.87. The molecule has 0 bridgehead atoms. The molecule has 0 saturated carbocycles. The predicted molar refractivity (Wildman–Crippen MR) is 73.1 cm³/mol. The van der Waals surface area contributed by atoms with E-state index in [9.17, 15) is 15.0 Å². The fraction of sp³-hybridized carbons (Fsp3) is 0.533. The minimum Gasteiger partial charge on any atom is -0.508 e. The van der Waals surface area contributed by atoms with Crippen LogP contribution < -0.4 is 0 Å². The number of phenols is 1. The molecule has 1 aromatic rings. The number of carboxylic acids is 1. The highest BCUT2D eigenvalue weighted by molar-refractivity contribution is 5.73. The predicted octanol–water partition coefficient (Wildman–Crippen LogP) is 2.78. The van der Waals surface area contributed by atoms with Crippen LogP contribution in [0.1, 0.15) is 44.2 Å². The third kappa shape index (κ3) is 3.07. The molecule has 1 aliphatic rings. The lowest BCUT2D eigenvalue weighted by molar-refractivity contribution is -0.144. The van der Waals surface area contributed by atoms with E-state index < -0.39 is 12.0 Å². The highest BCUT2D eigenvalue weighted by Gasteiger charge is 2.31. The zero-order valence-electron chi connectivity index (χ0n) is 11.2. The van der Waals surface area contributed by atoms with Gasteiger partial charge in [0.2, 0.25) is 0 Å². The Hall–Kier alpha value is -1.55. The standard InChI is InChI=1S/C15H21NO3/c1-11(12-7-4-5-9-14(12)17)16-10-6-2-3-8-13(16)15(18)19/h4-5,7,9,11,13,17H,2-3,6,8,10H2,1H3,(H,18,19). The van der Waals surface area contributed by atoms with Crippen molar-refractivity contribution in [1.29, 1.82) is 0 Å². The second kappa shape index (κ2) is 6.06. The Labute approximate surface area is 113 Å². The number of nitrogens with zero attached hydrogens (tertiary/aromatic N) is 1. The molecular formula is C15H21NO3. The van der Waals surface area contributed by atoms with Crippen molar-refractivity contribution in [3.8, 4) is 5.75 Å². The van der Waals surface area contributed by atoms with Crippen molar-refractivity contribution in [2.45, 2.75) is 44.7 Å². The maximum absolute atomic E-state index is 11.4. The highest BCUT2D eigenvalue weighted by Crippen LogP contribution is 2.32. The molecule has 1 saturated heterocycles. The highest BCUT2D eigenvalue weighted by atomic mass is 16.4. The van der Waals surface area contributed by atoms with E-state index in [2.05, 4.69) is 0 Å². The lowest BCUT2D eigenvalue weighted by Crippen LogP contribution is -2.42. The van der Waals surface area contributed by atoms with E-state index >= 15 is 0 Å². The molecular weight excluding hydrogens is 242 g/mol. The number of aromatic hydroxyl groups is 1. The molecule has 1 aromatic carbocycles. The van der Waals surface area contributed by atoms with Crippen molar-refractivity contribution in [1.82, 2.24) is 4.90 Å². The van der Waals surface area contributed by atoms with Crippen LogP contribution in [-0.4, -0.2) is 33.7 Å². The Morgan fingerprint density at radius 3 is 2.74 bits per heavy atom. The summed E-state index contributed by atoms with van der Waals surface area (Å²) >= 11 is 0. The van der Waals surface area contributed by atoms with Gasteiger partial charge in [-0.3, -0.25) is 9.69 Å². The van der Waals surface area contributed by atoms with Crippen LogP contribution in [0.3, 0.4) is 0 Å². The molecule has 0 aromatic heterocycles. The van der Waals surface area contributed by atoms with Crippen molar-refractivity contribution >= 4 is 5.97 Å². The number of likely N-dealkylation sites (tertiary alicyclic amines) is 1. The van der Waals surface area contributed by atoms with Crippen LogP contribution in [0.2, 0.25) is 0 Å². The molecule has 4 heteroatoms. The largest absolute Gasteiger partial charge is 0.508 e. The topological polar surface area (TPSA) is 60.8 Å². The first-order valence-electron chi connectivity index (χ1n) is 6.87. The summed E-state index contributed by atoms with van der Waals surface area (Å²) in [5.74, 6) is -0.521. The molecule has 2 unspecified atom stereocenters. The molecule has 0 amide bonds. The summed E-state index contributed by atoms with van der Waals surface area (Å²) in [5.41, 5.74) is 0.802. The van der Waals surface area contributed by atoms with Crippen molar-refractivity contribution < 1.29 is 15.0 Å². The van der Waals surface area contributed by atoms with Gasteiger partial charge in [0.25, 0.3) is 0 Å². The molecule has 2 N–H and O–H groups in total. The van der Waals surface area contributed by atoms with Crippen molar-refractivity contribution in [3.05, 3.63) is 29.8 Å². The lowest BCUT2D eigenvalue weighted by Gasteiger charge is -2.33. The van der Waals surface area contributed by atoms with Gasteiger partial charge in [-0.2, -0.15) is 0 Å². The van der Waals surface area contributed by atoms with Crippen molar-refractivity contribution in [2.75, 3.05) is 6.54 Å². The molecule has 104 valence electrons. The molecule has 1 fully saturated rings. The number of hydrogen-bond donors (Lipinski definition) is 2. The van der Waals surface area contributed by atoms with Gasteiger partial charge < -0.3 is 10.2 Å². The number of benzene rings is 1. The third-order valence-electron chi connectivity index (χ3n) is 3.96. The van der Waals surface area contributed by atoms with Gasteiger partial charge in [0.1, 0.15) is 11.8 Å². The maximum Gasteiger partial charge on any atom is 0.320 e. The molecule has 4 nitrogen and oxygen atoms in total. The number of hydrogen-bond acceptors (Lipinski definition) is 3. The Kier molecular flexibility index (Phi) is 4.43. The van der Waals surface area contributed by atoms with Crippen LogP contribution in [0.4, 0.5) is 0 Å². The Balaban J connectivity index is 2.26. The van der Waals surface area contributed by atoms with E-state index in [1.54, 1.807) is 12.1 Å². The molecule has 2 atom stereocenters. The van der Waals surface area contributed by atoms with Crippen LogP contribution in [0.5, 0.6) is 5.75 Å². The molecule has 0 aliphatic carbocycles. The molecule has 0 radical (unpaired) electrons. The first-order chi connectivity index (χ1) is 9.11. The molecule has 19 heavy (non-hydrogen) atoms. The summed E-state index contributed by atoms with van der Waals surface area (Å²) in [6, 6.07) is 6.64. The van der Waals surface area contributed by atoms with E-state index in [0.29, 0.717) is 6.42 Å². The second-order valence-corrected chi connectivity index (χ2v) is 5.18. The van der Waals surface area contributed by atoms with E-state index in [-0.39, 0.29) is 11.8 Å². The zero-order chi connectivity index (χ0) is 13.8. The average Bonchev–Trinajstić information content (AvgIpc) is 2.64. The van der Waals surface area contributed by atoms with E-state index in [4.69, 9.17) is 0 Å². The Bertz CT molecular complexity index is 447. The van der Waals surface area contributed by atoms with Gasteiger partial charge in [-0.05, 0) is 32.4 Å². The van der Waals surface area contributed by atoms with Gasteiger partial charge in [0.15, 0.2) is 0 Å². The quantitative estimate of drug-likeness (QED) is 0.880. The smallest absolute Gasteiger partial charge is 0.320 e. The minimum absolute atomic E-state index is 0.0830. The summed E-state index contributed by atoms with van der Waals surface area (Å²) in [4.78, 5) is 13.4. The monoisotopic (exact) mass is 263 g/mol. The number of aliphatic carboxylic acids is 1. The number of para-hydroxylation sites is 1.